The number of rotatable bonds is 3. The summed E-state index contributed by atoms with van der Waals surface area (Å²) >= 11 is 0. The molecule has 0 bridgehead atoms. The van der Waals surface area contributed by atoms with Crippen LogP contribution in [0.1, 0.15) is 49.1 Å². The number of anilines is 1. The van der Waals surface area contributed by atoms with Crippen molar-refractivity contribution in [2.24, 2.45) is 0 Å². The van der Waals surface area contributed by atoms with Crippen molar-refractivity contribution in [3.63, 3.8) is 0 Å². The van der Waals surface area contributed by atoms with Crippen molar-refractivity contribution in [1.82, 2.24) is 9.55 Å². The zero-order chi connectivity index (χ0) is 11.5. The van der Waals surface area contributed by atoms with Crippen molar-refractivity contribution >= 4 is 11.8 Å². The van der Waals surface area contributed by atoms with E-state index in [9.17, 15) is 4.79 Å². The normalized spacial score (nSPS) is 16.6. The fourth-order valence-corrected chi connectivity index (χ4v) is 2.24. The second kappa shape index (κ2) is 4.55. The first-order chi connectivity index (χ1) is 7.74. The van der Waals surface area contributed by atoms with E-state index in [1.165, 1.54) is 12.8 Å². The van der Waals surface area contributed by atoms with Crippen LogP contribution >= 0.6 is 0 Å². The molecular formula is C11H17N3O2. The predicted octanol–water partition coefficient (Wildman–Crippen LogP) is 1.76. The average Bonchev–Trinajstić information content (AvgIpc) is 2.86. The Hall–Kier alpha value is -1.52. The molecule has 1 aromatic rings. The summed E-state index contributed by atoms with van der Waals surface area (Å²) in [5, 5.41) is 0. The number of nitrogen functional groups attached to an aromatic ring is 1. The Labute approximate surface area is 94.6 Å². The van der Waals surface area contributed by atoms with Gasteiger partial charge >= 0.3 is 5.97 Å². The molecule has 0 amide bonds. The van der Waals surface area contributed by atoms with E-state index in [1.807, 2.05) is 4.57 Å². The molecule has 2 N–H and O–H groups in total. The van der Waals surface area contributed by atoms with Crippen LogP contribution in [-0.2, 0) is 4.74 Å². The smallest absolute Gasteiger partial charge is 0.358 e. The van der Waals surface area contributed by atoms with Gasteiger partial charge in [0.05, 0.1) is 12.9 Å². The SMILES string of the molecule is CCOC(=O)c1c(N)ncn1C1CCCC1. The molecule has 16 heavy (non-hydrogen) atoms. The molecule has 1 aliphatic rings. The van der Waals surface area contributed by atoms with Gasteiger partial charge < -0.3 is 15.0 Å². The summed E-state index contributed by atoms with van der Waals surface area (Å²) in [4.78, 5) is 15.7. The molecule has 1 aromatic heterocycles. The van der Waals surface area contributed by atoms with Gasteiger partial charge in [0.25, 0.3) is 0 Å². The minimum Gasteiger partial charge on any atom is -0.461 e. The van der Waals surface area contributed by atoms with E-state index in [0.717, 1.165) is 12.8 Å². The molecule has 0 unspecified atom stereocenters. The lowest BCUT2D eigenvalue weighted by molar-refractivity contribution is 0.0512. The summed E-state index contributed by atoms with van der Waals surface area (Å²) in [6.07, 6.45) is 6.22. The molecule has 5 nitrogen and oxygen atoms in total. The van der Waals surface area contributed by atoms with E-state index in [2.05, 4.69) is 4.98 Å². The zero-order valence-corrected chi connectivity index (χ0v) is 9.48. The molecule has 0 aliphatic heterocycles. The van der Waals surface area contributed by atoms with Crippen molar-refractivity contribution in [1.29, 1.82) is 0 Å². The Morgan fingerprint density at radius 2 is 2.31 bits per heavy atom. The van der Waals surface area contributed by atoms with Crippen molar-refractivity contribution in [3.8, 4) is 0 Å². The fourth-order valence-electron chi connectivity index (χ4n) is 2.24. The van der Waals surface area contributed by atoms with Gasteiger partial charge in [-0.1, -0.05) is 12.8 Å². The van der Waals surface area contributed by atoms with E-state index in [0.29, 0.717) is 18.3 Å². The van der Waals surface area contributed by atoms with E-state index in [-0.39, 0.29) is 11.8 Å². The molecule has 1 heterocycles. The quantitative estimate of drug-likeness (QED) is 0.792. The summed E-state index contributed by atoms with van der Waals surface area (Å²) < 4.78 is 6.86. The van der Waals surface area contributed by atoms with Crippen molar-refractivity contribution in [2.45, 2.75) is 38.6 Å². The van der Waals surface area contributed by atoms with Crippen LogP contribution in [0.15, 0.2) is 6.33 Å². The highest BCUT2D eigenvalue weighted by atomic mass is 16.5. The third kappa shape index (κ3) is 1.89. The third-order valence-electron chi connectivity index (χ3n) is 3.01. The van der Waals surface area contributed by atoms with Crippen LogP contribution in [0.5, 0.6) is 0 Å². The number of hydrogen-bond acceptors (Lipinski definition) is 4. The van der Waals surface area contributed by atoms with Gasteiger partial charge in [0.1, 0.15) is 0 Å². The Morgan fingerprint density at radius 1 is 1.62 bits per heavy atom. The highest BCUT2D eigenvalue weighted by Gasteiger charge is 2.25. The second-order valence-corrected chi connectivity index (χ2v) is 4.04. The summed E-state index contributed by atoms with van der Waals surface area (Å²) in [6, 6.07) is 0.351. The number of ether oxygens (including phenoxy) is 1. The summed E-state index contributed by atoms with van der Waals surface area (Å²) in [7, 11) is 0. The average molecular weight is 223 g/mol. The first-order valence-corrected chi connectivity index (χ1v) is 5.73. The third-order valence-corrected chi connectivity index (χ3v) is 3.01. The Bertz CT molecular complexity index is 381. The fraction of sp³-hybridized carbons (Fsp3) is 0.636. The Balaban J connectivity index is 2.27. The summed E-state index contributed by atoms with van der Waals surface area (Å²) in [5.41, 5.74) is 6.12. The number of carbonyl (C=O) groups is 1. The lowest BCUT2D eigenvalue weighted by Crippen LogP contribution is -2.16. The van der Waals surface area contributed by atoms with E-state index < -0.39 is 0 Å². The number of carbonyl (C=O) groups excluding carboxylic acids is 1. The van der Waals surface area contributed by atoms with Crippen LogP contribution < -0.4 is 5.73 Å². The van der Waals surface area contributed by atoms with Gasteiger partial charge in [0.15, 0.2) is 11.5 Å². The molecular weight excluding hydrogens is 206 g/mol. The minimum atomic E-state index is -0.371. The van der Waals surface area contributed by atoms with E-state index >= 15 is 0 Å². The molecule has 0 spiro atoms. The molecule has 88 valence electrons. The zero-order valence-electron chi connectivity index (χ0n) is 9.48. The first-order valence-electron chi connectivity index (χ1n) is 5.73. The molecule has 0 saturated heterocycles. The summed E-state index contributed by atoms with van der Waals surface area (Å²) in [5.74, 6) is -0.102. The Kier molecular flexibility index (Phi) is 3.12. The lowest BCUT2D eigenvalue weighted by Gasteiger charge is -2.14. The van der Waals surface area contributed by atoms with Crippen molar-refractivity contribution < 1.29 is 9.53 Å². The number of imidazole rings is 1. The van der Waals surface area contributed by atoms with Crippen LogP contribution in [0.25, 0.3) is 0 Å². The highest BCUT2D eigenvalue weighted by molar-refractivity contribution is 5.92. The molecule has 1 aliphatic carbocycles. The molecule has 1 fully saturated rings. The topological polar surface area (TPSA) is 70.1 Å². The molecule has 2 rings (SSSR count). The van der Waals surface area contributed by atoms with Gasteiger partial charge in [0, 0.05) is 6.04 Å². The minimum absolute atomic E-state index is 0.269. The monoisotopic (exact) mass is 223 g/mol. The van der Waals surface area contributed by atoms with Crippen LogP contribution in [0.2, 0.25) is 0 Å². The maximum absolute atomic E-state index is 11.7. The number of nitrogens with zero attached hydrogens (tertiary/aromatic N) is 2. The second-order valence-electron chi connectivity index (χ2n) is 4.04. The van der Waals surface area contributed by atoms with Crippen LogP contribution in [-0.4, -0.2) is 22.1 Å². The van der Waals surface area contributed by atoms with Gasteiger partial charge in [-0.05, 0) is 19.8 Å². The van der Waals surface area contributed by atoms with Crippen molar-refractivity contribution in [3.05, 3.63) is 12.0 Å². The van der Waals surface area contributed by atoms with E-state index in [4.69, 9.17) is 10.5 Å². The van der Waals surface area contributed by atoms with Gasteiger partial charge in [-0.2, -0.15) is 0 Å². The van der Waals surface area contributed by atoms with Gasteiger partial charge in [0.2, 0.25) is 0 Å². The Morgan fingerprint density at radius 3 is 2.94 bits per heavy atom. The maximum Gasteiger partial charge on any atom is 0.358 e. The number of hydrogen-bond donors (Lipinski definition) is 1. The standard InChI is InChI=1S/C11H17N3O2/c1-2-16-11(15)9-10(12)13-7-14(9)8-5-3-4-6-8/h7-8H,2-6,12H2,1H3. The largest absolute Gasteiger partial charge is 0.461 e. The molecule has 5 heteroatoms. The maximum atomic E-state index is 11.7. The van der Waals surface area contributed by atoms with Crippen LogP contribution in [0.4, 0.5) is 5.82 Å². The lowest BCUT2D eigenvalue weighted by atomic mass is 10.2. The van der Waals surface area contributed by atoms with Gasteiger partial charge in [-0.3, -0.25) is 0 Å². The predicted molar refractivity (Wildman–Crippen MR) is 60.1 cm³/mol. The molecule has 0 aromatic carbocycles. The molecule has 0 radical (unpaired) electrons. The van der Waals surface area contributed by atoms with Crippen LogP contribution in [0, 0.1) is 0 Å². The number of aromatic nitrogens is 2. The highest BCUT2D eigenvalue weighted by Crippen LogP contribution is 2.31. The van der Waals surface area contributed by atoms with Gasteiger partial charge in [-0.15, -0.1) is 0 Å². The van der Waals surface area contributed by atoms with Crippen LogP contribution in [0.3, 0.4) is 0 Å². The first kappa shape index (κ1) is 11.0. The van der Waals surface area contributed by atoms with Crippen molar-refractivity contribution in [2.75, 3.05) is 12.3 Å². The number of esters is 1. The van der Waals surface area contributed by atoms with E-state index in [1.54, 1.807) is 13.3 Å². The van der Waals surface area contributed by atoms with Gasteiger partial charge in [-0.25, -0.2) is 9.78 Å². The summed E-state index contributed by atoms with van der Waals surface area (Å²) in [6.45, 7) is 2.14. The molecule has 0 atom stereocenters. The molecule has 1 saturated carbocycles. The number of nitrogens with two attached hydrogens (primary N) is 1.